The van der Waals surface area contributed by atoms with E-state index >= 15 is 0 Å². The summed E-state index contributed by atoms with van der Waals surface area (Å²) in [5.74, 6) is 2.55. The van der Waals surface area contributed by atoms with Crippen LogP contribution in [0.25, 0.3) is 0 Å². The van der Waals surface area contributed by atoms with Crippen LogP contribution in [0.2, 0.25) is 0 Å². The van der Waals surface area contributed by atoms with Crippen molar-refractivity contribution in [2.75, 3.05) is 6.61 Å². The molecule has 2 nitrogen and oxygen atoms in total. The van der Waals surface area contributed by atoms with Crippen LogP contribution in [0, 0.1) is 5.92 Å². The summed E-state index contributed by atoms with van der Waals surface area (Å²) in [4.78, 5) is 0. The van der Waals surface area contributed by atoms with Gasteiger partial charge in [-0.25, -0.2) is 0 Å². The van der Waals surface area contributed by atoms with Gasteiger partial charge in [-0.15, -0.1) is 0 Å². The van der Waals surface area contributed by atoms with Gasteiger partial charge in [-0.05, 0) is 30.9 Å². The number of benzene rings is 1. The Labute approximate surface area is 101 Å². The quantitative estimate of drug-likeness (QED) is 0.747. The molecule has 0 amide bonds. The van der Waals surface area contributed by atoms with Crippen molar-refractivity contribution in [3.63, 3.8) is 0 Å². The van der Waals surface area contributed by atoms with Gasteiger partial charge in [-0.1, -0.05) is 31.4 Å². The molecule has 0 aromatic heterocycles. The van der Waals surface area contributed by atoms with E-state index in [0.717, 1.165) is 24.0 Å². The highest BCUT2D eigenvalue weighted by Gasteiger charge is 2.14. The fourth-order valence-corrected chi connectivity index (χ4v) is 2.64. The van der Waals surface area contributed by atoms with Gasteiger partial charge in [0.15, 0.2) is 5.75 Å². The average Bonchev–Trinajstić information content (AvgIpc) is 2.38. The van der Waals surface area contributed by atoms with Gasteiger partial charge in [0.25, 0.3) is 0 Å². The summed E-state index contributed by atoms with van der Waals surface area (Å²) in [5, 5.41) is 0. The lowest BCUT2D eigenvalue weighted by atomic mass is 9.90. The molecule has 1 aliphatic rings. The molecule has 88 valence electrons. The Balaban J connectivity index is 1.88. The highest BCUT2D eigenvalue weighted by molar-refractivity contribution is 6.00. The van der Waals surface area contributed by atoms with Crippen LogP contribution >= 0.6 is 0 Å². The van der Waals surface area contributed by atoms with Crippen LogP contribution < -0.4 is 9.16 Å². The second-order valence-electron chi connectivity index (χ2n) is 4.47. The van der Waals surface area contributed by atoms with Crippen LogP contribution in [0.3, 0.4) is 0 Å². The van der Waals surface area contributed by atoms with Crippen molar-refractivity contribution < 1.29 is 9.16 Å². The topological polar surface area (TPSA) is 18.5 Å². The summed E-state index contributed by atoms with van der Waals surface area (Å²) in [7, 11) is 0.712. The Morgan fingerprint density at radius 1 is 1.06 bits per heavy atom. The van der Waals surface area contributed by atoms with E-state index in [0.29, 0.717) is 10.5 Å². The molecular formula is C13H20O2Si. The maximum atomic E-state index is 5.86. The average molecular weight is 236 g/mol. The van der Waals surface area contributed by atoms with Gasteiger partial charge in [0.05, 0.1) is 6.61 Å². The number of para-hydroxylation sites is 2. The van der Waals surface area contributed by atoms with Crippen molar-refractivity contribution in [3.05, 3.63) is 24.3 Å². The predicted molar refractivity (Wildman–Crippen MR) is 69.1 cm³/mol. The van der Waals surface area contributed by atoms with E-state index in [1.54, 1.807) is 0 Å². The predicted octanol–water partition coefficient (Wildman–Crippen LogP) is 2.30. The fourth-order valence-electron chi connectivity index (χ4n) is 2.30. The molecule has 1 saturated carbocycles. The standard InChI is InChI=1S/C13H20O2Si/c16-15-13-9-5-4-8-12(13)14-10-11-6-2-1-3-7-11/h4-5,8-9,11H,1-3,6-7,10H2,16H3. The van der Waals surface area contributed by atoms with Crippen LogP contribution in [-0.2, 0) is 0 Å². The zero-order valence-electron chi connectivity index (χ0n) is 9.95. The van der Waals surface area contributed by atoms with Gasteiger partial charge in [-0.2, -0.15) is 0 Å². The molecule has 3 heteroatoms. The van der Waals surface area contributed by atoms with E-state index in [-0.39, 0.29) is 0 Å². The number of hydrogen-bond donors (Lipinski definition) is 0. The van der Waals surface area contributed by atoms with Crippen LogP contribution in [0.1, 0.15) is 32.1 Å². The third kappa shape index (κ3) is 3.01. The molecule has 0 saturated heterocycles. The molecule has 0 unspecified atom stereocenters. The largest absolute Gasteiger partial charge is 0.551 e. The lowest BCUT2D eigenvalue weighted by Crippen LogP contribution is -2.15. The zero-order valence-corrected chi connectivity index (χ0v) is 11.9. The molecule has 1 aliphatic carbocycles. The first-order valence-corrected chi connectivity index (χ1v) is 6.97. The minimum atomic E-state index is 0.712. The molecule has 0 bridgehead atoms. The fraction of sp³-hybridized carbons (Fsp3) is 0.538. The Morgan fingerprint density at radius 2 is 1.75 bits per heavy atom. The van der Waals surface area contributed by atoms with Crippen molar-refractivity contribution in [2.24, 2.45) is 5.92 Å². The van der Waals surface area contributed by atoms with Crippen molar-refractivity contribution in [1.29, 1.82) is 0 Å². The summed E-state index contributed by atoms with van der Waals surface area (Å²) >= 11 is 0. The van der Waals surface area contributed by atoms with Crippen LogP contribution in [0.15, 0.2) is 24.3 Å². The van der Waals surface area contributed by atoms with Crippen molar-refractivity contribution in [1.82, 2.24) is 0 Å². The second-order valence-corrected chi connectivity index (χ2v) is 4.87. The SMILES string of the molecule is [SiH3]Oc1ccccc1OCC1CCCCC1. The lowest BCUT2D eigenvalue weighted by Gasteiger charge is -2.22. The summed E-state index contributed by atoms with van der Waals surface area (Å²) in [6.07, 6.45) is 6.78. The molecule has 0 atom stereocenters. The molecule has 0 N–H and O–H groups in total. The van der Waals surface area contributed by atoms with Crippen LogP contribution in [0.5, 0.6) is 11.5 Å². The van der Waals surface area contributed by atoms with Crippen molar-refractivity contribution in [2.45, 2.75) is 32.1 Å². The Bertz CT molecular complexity index is 321. The summed E-state index contributed by atoms with van der Waals surface area (Å²) in [6.45, 7) is 0.849. The van der Waals surface area contributed by atoms with Crippen molar-refractivity contribution in [3.8, 4) is 11.5 Å². The third-order valence-corrected chi connectivity index (χ3v) is 3.71. The molecular weight excluding hydrogens is 216 g/mol. The van der Waals surface area contributed by atoms with Crippen LogP contribution in [-0.4, -0.2) is 17.1 Å². The molecule has 2 rings (SSSR count). The van der Waals surface area contributed by atoms with E-state index in [1.807, 2.05) is 24.3 Å². The minimum Gasteiger partial charge on any atom is -0.551 e. The van der Waals surface area contributed by atoms with E-state index in [4.69, 9.17) is 9.16 Å². The smallest absolute Gasteiger partial charge is 0.204 e. The molecule has 0 aliphatic heterocycles. The Morgan fingerprint density at radius 3 is 2.44 bits per heavy atom. The number of ether oxygens (including phenoxy) is 1. The monoisotopic (exact) mass is 236 g/mol. The highest BCUT2D eigenvalue weighted by atomic mass is 28.2. The van der Waals surface area contributed by atoms with E-state index in [1.165, 1.54) is 32.1 Å². The minimum absolute atomic E-state index is 0.712. The molecule has 1 fully saturated rings. The molecule has 1 aromatic carbocycles. The summed E-state index contributed by atoms with van der Waals surface area (Å²) < 4.78 is 11.3. The second kappa shape index (κ2) is 5.94. The van der Waals surface area contributed by atoms with Gasteiger partial charge in [0.2, 0.25) is 10.5 Å². The molecule has 16 heavy (non-hydrogen) atoms. The first-order chi connectivity index (χ1) is 7.90. The van der Waals surface area contributed by atoms with E-state index < -0.39 is 0 Å². The number of hydrogen-bond acceptors (Lipinski definition) is 2. The highest BCUT2D eigenvalue weighted by Crippen LogP contribution is 2.29. The van der Waals surface area contributed by atoms with E-state index in [2.05, 4.69) is 0 Å². The normalized spacial score (nSPS) is 17.2. The lowest BCUT2D eigenvalue weighted by molar-refractivity contribution is 0.205. The molecule has 0 radical (unpaired) electrons. The third-order valence-electron chi connectivity index (χ3n) is 3.27. The van der Waals surface area contributed by atoms with E-state index in [9.17, 15) is 0 Å². The van der Waals surface area contributed by atoms with Gasteiger partial charge in [-0.3, -0.25) is 0 Å². The molecule has 0 spiro atoms. The maximum Gasteiger partial charge on any atom is 0.204 e. The first-order valence-electron chi connectivity index (χ1n) is 6.16. The Kier molecular flexibility index (Phi) is 4.28. The number of rotatable bonds is 4. The summed E-state index contributed by atoms with van der Waals surface area (Å²) in [5.41, 5.74) is 0. The summed E-state index contributed by atoms with van der Waals surface area (Å²) in [6, 6.07) is 7.96. The van der Waals surface area contributed by atoms with Crippen molar-refractivity contribution >= 4 is 10.5 Å². The maximum absolute atomic E-state index is 5.86. The Hall–Kier alpha value is -0.963. The van der Waals surface area contributed by atoms with Gasteiger partial charge >= 0.3 is 0 Å². The van der Waals surface area contributed by atoms with Gasteiger partial charge < -0.3 is 9.16 Å². The molecule has 0 heterocycles. The molecule has 1 aromatic rings. The zero-order chi connectivity index (χ0) is 11.2. The van der Waals surface area contributed by atoms with Crippen LogP contribution in [0.4, 0.5) is 0 Å². The van der Waals surface area contributed by atoms with Gasteiger partial charge in [0.1, 0.15) is 5.75 Å². The van der Waals surface area contributed by atoms with Gasteiger partial charge in [0, 0.05) is 0 Å². The first kappa shape index (κ1) is 11.5.